The summed E-state index contributed by atoms with van der Waals surface area (Å²) in [6.45, 7) is 5.95. The second-order valence-corrected chi connectivity index (χ2v) is 5.54. The van der Waals surface area contributed by atoms with Gasteiger partial charge in [-0.25, -0.2) is 0 Å². The number of benzene rings is 1. The van der Waals surface area contributed by atoms with Crippen molar-refractivity contribution in [3.8, 4) is 0 Å². The Kier molecular flexibility index (Phi) is 4.59. The molecule has 1 aromatic rings. The van der Waals surface area contributed by atoms with E-state index >= 15 is 0 Å². The molecule has 0 aliphatic carbocycles. The van der Waals surface area contributed by atoms with Crippen LogP contribution in [0.1, 0.15) is 38.2 Å². The van der Waals surface area contributed by atoms with Crippen LogP contribution in [0.15, 0.2) is 30.3 Å². The van der Waals surface area contributed by atoms with Crippen LogP contribution in [0.5, 0.6) is 0 Å². The van der Waals surface area contributed by atoms with Crippen molar-refractivity contribution in [1.82, 2.24) is 4.90 Å². The highest BCUT2D eigenvalue weighted by Crippen LogP contribution is 2.33. The molecule has 104 valence electrons. The van der Waals surface area contributed by atoms with Crippen LogP contribution in [0.2, 0.25) is 0 Å². The van der Waals surface area contributed by atoms with E-state index in [1.165, 1.54) is 5.56 Å². The number of rotatable bonds is 4. The molecule has 19 heavy (non-hydrogen) atoms. The number of nitrogens with zero attached hydrogens (tertiary/aromatic N) is 1. The molecule has 1 aromatic carbocycles. The van der Waals surface area contributed by atoms with E-state index in [0.717, 1.165) is 19.5 Å². The monoisotopic (exact) mass is 261 g/mol. The molecule has 0 saturated carbocycles. The second-order valence-electron chi connectivity index (χ2n) is 5.54. The zero-order valence-electron chi connectivity index (χ0n) is 11.7. The van der Waals surface area contributed by atoms with Crippen LogP contribution in [0.3, 0.4) is 0 Å². The lowest BCUT2D eigenvalue weighted by Crippen LogP contribution is -2.47. The van der Waals surface area contributed by atoms with Crippen molar-refractivity contribution in [2.45, 2.75) is 38.6 Å². The molecule has 0 radical (unpaired) electrons. The smallest absolute Gasteiger partial charge is 0.320 e. The van der Waals surface area contributed by atoms with E-state index in [1.54, 1.807) is 0 Å². The number of piperidine rings is 1. The normalized spacial score (nSPS) is 26.0. The van der Waals surface area contributed by atoms with E-state index in [4.69, 9.17) is 0 Å². The van der Waals surface area contributed by atoms with Crippen LogP contribution >= 0.6 is 0 Å². The fourth-order valence-corrected chi connectivity index (χ4v) is 3.25. The molecule has 2 rings (SSSR count). The quantitative estimate of drug-likeness (QED) is 0.906. The van der Waals surface area contributed by atoms with Crippen molar-refractivity contribution in [1.29, 1.82) is 0 Å². The van der Waals surface area contributed by atoms with E-state index in [-0.39, 0.29) is 6.04 Å². The number of carboxylic acid groups (broad SMARTS) is 1. The lowest BCUT2D eigenvalue weighted by atomic mass is 9.81. The predicted molar refractivity (Wildman–Crippen MR) is 76.3 cm³/mol. The minimum atomic E-state index is -0.687. The molecule has 1 aliphatic rings. The first-order chi connectivity index (χ1) is 9.13. The van der Waals surface area contributed by atoms with Gasteiger partial charge in [0, 0.05) is 6.54 Å². The topological polar surface area (TPSA) is 40.5 Å². The van der Waals surface area contributed by atoms with Gasteiger partial charge in [-0.05, 0) is 36.8 Å². The molecule has 1 N–H and O–H groups in total. The molecule has 0 aromatic heterocycles. The Balaban J connectivity index is 2.04. The summed E-state index contributed by atoms with van der Waals surface area (Å²) in [6, 6.07) is 10.3. The highest BCUT2D eigenvalue weighted by Gasteiger charge is 2.32. The number of carboxylic acids is 1. The molecule has 3 nitrogen and oxygen atoms in total. The summed E-state index contributed by atoms with van der Waals surface area (Å²) in [5, 5.41) is 9.25. The maximum absolute atomic E-state index is 11.2. The summed E-state index contributed by atoms with van der Waals surface area (Å²) < 4.78 is 0. The van der Waals surface area contributed by atoms with E-state index in [9.17, 15) is 9.90 Å². The molecule has 3 heteroatoms. The van der Waals surface area contributed by atoms with E-state index in [1.807, 2.05) is 13.0 Å². The van der Waals surface area contributed by atoms with Crippen molar-refractivity contribution in [2.24, 2.45) is 5.92 Å². The molecule has 1 fully saturated rings. The molecule has 1 aliphatic heterocycles. The van der Waals surface area contributed by atoms with E-state index in [0.29, 0.717) is 18.3 Å². The fourth-order valence-electron chi connectivity index (χ4n) is 3.25. The van der Waals surface area contributed by atoms with Crippen molar-refractivity contribution in [3.05, 3.63) is 35.9 Å². The number of likely N-dealkylation sites (tertiary alicyclic amines) is 1. The first kappa shape index (κ1) is 14.1. The van der Waals surface area contributed by atoms with Gasteiger partial charge in [-0.3, -0.25) is 9.69 Å². The Bertz CT molecular complexity index is 418. The van der Waals surface area contributed by atoms with Crippen molar-refractivity contribution < 1.29 is 9.90 Å². The lowest BCUT2D eigenvalue weighted by Gasteiger charge is -2.39. The van der Waals surface area contributed by atoms with Gasteiger partial charge in [0.2, 0.25) is 0 Å². The first-order valence-electron chi connectivity index (χ1n) is 7.15. The van der Waals surface area contributed by atoms with Crippen molar-refractivity contribution in [3.63, 3.8) is 0 Å². The molecular formula is C16H23NO2. The van der Waals surface area contributed by atoms with Crippen molar-refractivity contribution >= 4 is 5.97 Å². The van der Waals surface area contributed by atoms with Crippen LogP contribution in [-0.4, -0.2) is 35.1 Å². The Morgan fingerprint density at radius 2 is 2.11 bits per heavy atom. The first-order valence-corrected chi connectivity index (χ1v) is 7.15. The molecule has 1 saturated heterocycles. The molecule has 0 spiro atoms. The highest BCUT2D eigenvalue weighted by molar-refractivity contribution is 5.73. The number of carbonyl (C=O) groups is 1. The van der Waals surface area contributed by atoms with Crippen LogP contribution in [0, 0.1) is 5.92 Å². The van der Waals surface area contributed by atoms with Gasteiger partial charge in [-0.2, -0.15) is 0 Å². The molecular weight excluding hydrogens is 238 g/mol. The molecule has 3 atom stereocenters. The van der Waals surface area contributed by atoms with Crippen molar-refractivity contribution in [2.75, 3.05) is 13.1 Å². The number of hydrogen-bond donors (Lipinski definition) is 1. The minimum absolute atomic E-state index is 0.320. The Morgan fingerprint density at radius 1 is 1.42 bits per heavy atom. The summed E-state index contributed by atoms with van der Waals surface area (Å²) in [7, 11) is 0. The van der Waals surface area contributed by atoms with Crippen LogP contribution < -0.4 is 0 Å². The van der Waals surface area contributed by atoms with Gasteiger partial charge >= 0.3 is 5.97 Å². The molecule has 0 amide bonds. The van der Waals surface area contributed by atoms with E-state index < -0.39 is 5.97 Å². The summed E-state index contributed by atoms with van der Waals surface area (Å²) in [6.07, 6.45) is 1.73. The lowest BCUT2D eigenvalue weighted by molar-refractivity contribution is -0.144. The standard InChI is InChI=1S/C16H23NO2/c1-3-15(16(18)19)17-10-9-14(12(2)11-17)13-7-5-4-6-8-13/h4-8,12,14-15H,3,9-11H2,1-2H3,(H,18,19)/t12-,14-,15-/m1/s1. The zero-order valence-corrected chi connectivity index (χ0v) is 11.7. The summed E-state index contributed by atoms with van der Waals surface area (Å²) in [5.74, 6) is 0.376. The fraction of sp³-hybridized carbons (Fsp3) is 0.562. The van der Waals surface area contributed by atoms with Gasteiger partial charge in [0.05, 0.1) is 0 Å². The summed E-state index contributed by atoms with van der Waals surface area (Å²) in [5.41, 5.74) is 1.39. The third-order valence-corrected chi connectivity index (χ3v) is 4.28. The number of hydrogen-bond acceptors (Lipinski definition) is 2. The maximum atomic E-state index is 11.2. The average Bonchev–Trinajstić information content (AvgIpc) is 2.40. The average molecular weight is 261 g/mol. The van der Waals surface area contributed by atoms with Gasteiger partial charge in [-0.1, -0.05) is 44.2 Å². The van der Waals surface area contributed by atoms with Gasteiger partial charge in [0.25, 0.3) is 0 Å². The zero-order chi connectivity index (χ0) is 13.8. The predicted octanol–water partition coefficient (Wildman–Crippen LogP) is 2.98. The van der Waals surface area contributed by atoms with Gasteiger partial charge in [0.15, 0.2) is 0 Å². The van der Waals surface area contributed by atoms with Crippen LogP contribution in [0.4, 0.5) is 0 Å². The summed E-state index contributed by atoms with van der Waals surface area (Å²) >= 11 is 0. The summed E-state index contributed by atoms with van der Waals surface area (Å²) in [4.78, 5) is 13.4. The van der Waals surface area contributed by atoms with E-state index in [2.05, 4.69) is 36.1 Å². The van der Waals surface area contributed by atoms with Gasteiger partial charge in [-0.15, -0.1) is 0 Å². The SMILES string of the molecule is CC[C@H](C(=O)O)N1CC[C@@H](c2ccccc2)[C@H](C)C1. The Morgan fingerprint density at radius 3 is 2.63 bits per heavy atom. The minimum Gasteiger partial charge on any atom is -0.480 e. The molecule has 1 heterocycles. The van der Waals surface area contributed by atoms with Gasteiger partial charge < -0.3 is 5.11 Å². The molecule has 0 bridgehead atoms. The van der Waals surface area contributed by atoms with Crippen LogP contribution in [0.25, 0.3) is 0 Å². The number of aliphatic carboxylic acids is 1. The third-order valence-electron chi connectivity index (χ3n) is 4.28. The maximum Gasteiger partial charge on any atom is 0.320 e. The Labute approximate surface area is 115 Å². The Hall–Kier alpha value is -1.35. The highest BCUT2D eigenvalue weighted by atomic mass is 16.4. The van der Waals surface area contributed by atoms with Gasteiger partial charge in [0.1, 0.15) is 6.04 Å². The molecule has 0 unspecified atom stereocenters. The third kappa shape index (κ3) is 3.16. The largest absolute Gasteiger partial charge is 0.480 e. The van der Waals surface area contributed by atoms with Crippen LogP contribution in [-0.2, 0) is 4.79 Å². The second kappa shape index (κ2) is 6.20.